The van der Waals surface area contributed by atoms with Crippen LogP contribution < -0.4 is 9.75 Å². The van der Waals surface area contributed by atoms with Gasteiger partial charge >= 0.3 is 0 Å². The first kappa shape index (κ1) is 16.1. The van der Waals surface area contributed by atoms with E-state index in [-0.39, 0.29) is 22.4 Å². The number of benzene rings is 2. The van der Waals surface area contributed by atoms with Crippen molar-refractivity contribution in [3.05, 3.63) is 58.6 Å². The molecule has 0 saturated carbocycles. The van der Waals surface area contributed by atoms with Gasteiger partial charge in [0.15, 0.2) is 11.5 Å². The summed E-state index contributed by atoms with van der Waals surface area (Å²) in [5, 5.41) is 15.6. The first-order valence-corrected chi connectivity index (χ1v) is 7.62. The second kappa shape index (κ2) is 6.37. The van der Waals surface area contributed by atoms with Gasteiger partial charge in [-0.1, -0.05) is 29.8 Å². The van der Waals surface area contributed by atoms with Gasteiger partial charge in [-0.3, -0.25) is 4.79 Å². The number of rotatable bonds is 3. The van der Waals surface area contributed by atoms with Crippen molar-refractivity contribution in [2.75, 3.05) is 12.1 Å². The zero-order chi connectivity index (χ0) is 17.3. The zero-order valence-corrected chi connectivity index (χ0v) is 13.9. The lowest BCUT2D eigenvalue weighted by Gasteiger charge is -2.11. The quantitative estimate of drug-likeness (QED) is 0.861. The van der Waals surface area contributed by atoms with Crippen LogP contribution in [-0.4, -0.2) is 23.8 Å². The number of phenols is 1. The van der Waals surface area contributed by atoms with Crippen molar-refractivity contribution in [2.24, 2.45) is 5.10 Å². The smallest absolute Gasteiger partial charge is 0.280 e. The molecule has 6 heteroatoms. The van der Waals surface area contributed by atoms with Gasteiger partial charge in [0.1, 0.15) is 0 Å². The highest BCUT2D eigenvalue weighted by Crippen LogP contribution is 2.36. The average molecular weight is 343 g/mol. The van der Waals surface area contributed by atoms with E-state index in [0.29, 0.717) is 22.5 Å². The number of hydrogen-bond donors (Lipinski definition) is 1. The van der Waals surface area contributed by atoms with Gasteiger partial charge in [-0.05, 0) is 42.8 Å². The van der Waals surface area contributed by atoms with Crippen LogP contribution in [0.4, 0.5) is 5.69 Å². The van der Waals surface area contributed by atoms with E-state index in [1.54, 1.807) is 25.1 Å². The molecule has 1 heterocycles. The van der Waals surface area contributed by atoms with E-state index in [1.807, 2.05) is 30.3 Å². The lowest BCUT2D eigenvalue weighted by molar-refractivity contribution is -0.114. The summed E-state index contributed by atoms with van der Waals surface area (Å²) in [7, 11) is 1.44. The predicted molar refractivity (Wildman–Crippen MR) is 94.7 cm³/mol. The number of carbonyl (C=O) groups excluding carboxylic acids is 1. The van der Waals surface area contributed by atoms with Crippen molar-refractivity contribution in [2.45, 2.75) is 6.92 Å². The minimum Gasteiger partial charge on any atom is -0.503 e. The summed E-state index contributed by atoms with van der Waals surface area (Å²) in [5.74, 6) is -0.105. The number of hydrazone groups is 1. The second-order valence-electron chi connectivity index (χ2n) is 5.25. The Bertz CT molecular complexity index is 860. The van der Waals surface area contributed by atoms with Crippen LogP contribution in [0, 0.1) is 0 Å². The molecule has 1 N–H and O–H groups in total. The summed E-state index contributed by atoms with van der Waals surface area (Å²) in [4.78, 5) is 12.7. The lowest BCUT2D eigenvalue weighted by Crippen LogP contribution is -2.21. The fourth-order valence-electron chi connectivity index (χ4n) is 2.43. The maximum absolute atomic E-state index is 12.7. The van der Waals surface area contributed by atoms with E-state index < -0.39 is 0 Å². The molecule has 0 saturated heterocycles. The molecule has 0 radical (unpaired) electrons. The highest BCUT2D eigenvalue weighted by atomic mass is 35.5. The van der Waals surface area contributed by atoms with E-state index >= 15 is 0 Å². The number of methoxy groups -OCH3 is 1. The van der Waals surface area contributed by atoms with Crippen LogP contribution >= 0.6 is 11.6 Å². The molecule has 122 valence electrons. The molecule has 0 spiro atoms. The fraction of sp³-hybridized carbons (Fsp3) is 0.111. The molecule has 5 nitrogen and oxygen atoms in total. The fourth-order valence-corrected chi connectivity index (χ4v) is 2.65. The van der Waals surface area contributed by atoms with Gasteiger partial charge in [-0.2, -0.15) is 10.1 Å². The van der Waals surface area contributed by atoms with Crippen molar-refractivity contribution in [3.63, 3.8) is 0 Å². The first-order chi connectivity index (χ1) is 11.5. The lowest BCUT2D eigenvalue weighted by atomic mass is 10.1. The molecule has 0 unspecified atom stereocenters. The Kier molecular flexibility index (Phi) is 4.27. The maximum Gasteiger partial charge on any atom is 0.280 e. The van der Waals surface area contributed by atoms with E-state index in [9.17, 15) is 9.90 Å². The number of hydrogen-bond acceptors (Lipinski definition) is 4. The Morgan fingerprint density at radius 2 is 1.96 bits per heavy atom. The Morgan fingerprint density at radius 1 is 1.25 bits per heavy atom. The zero-order valence-electron chi connectivity index (χ0n) is 13.2. The van der Waals surface area contributed by atoms with Crippen molar-refractivity contribution < 1.29 is 14.6 Å². The molecular formula is C18H15ClN2O3. The molecule has 0 fully saturated rings. The minimum atomic E-state index is -0.220. The number of halogens is 1. The van der Waals surface area contributed by atoms with Gasteiger partial charge in [0.05, 0.1) is 29.1 Å². The molecule has 0 atom stereocenters. The molecule has 24 heavy (non-hydrogen) atoms. The summed E-state index contributed by atoms with van der Waals surface area (Å²) in [6, 6.07) is 12.4. The molecule has 1 aliphatic heterocycles. The Balaban J connectivity index is 1.99. The molecule has 1 aliphatic rings. The third-order valence-electron chi connectivity index (χ3n) is 3.65. The summed E-state index contributed by atoms with van der Waals surface area (Å²) in [5.41, 5.74) is 2.41. The molecule has 0 aliphatic carbocycles. The van der Waals surface area contributed by atoms with Crippen LogP contribution in [0.3, 0.4) is 0 Å². The monoisotopic (exact) mass is 342 g/mol. The van der Waals surface area contributed by atoms with Gasteiger partial charge in [0.25, 0.3) is 5.91 Å². The number of nitrogens with zero attached hydrogens (tertiary/aromatic N) is 2. The number of aromatic hydroxyl groups is 1. The molecule has 1 amide bonds. The second-order valence-corrected chi connectivity index (χ2v) is 5.66. The Labute approximate surface area is 144 Å². The van der Waals surface area contributed by atoms with E-state index in [0.717, 1.165) is 0 Å². The van der Waals surface area contributed by atoms with E-state index in [1.165, 1.54) is 12.1 Å². The summed E-state index contributed by atoms with van der Waals surface area (Å²) in [6.45, 7) is 1.77. The Morgan fingerprint density at radius 3 is 2.62 bits per heavy atom. The number of anilines is 1. The highest BCUT2D eigenvalue weighted by molar-refractivity contribution is 6.33. The molecule has 0 aromatic heterocycles. The highest BCUT2D eigenvalue weighted by Gasteiger charge is 2.28. The molecule has 3 rings (SSSR count). The number of phenolic OH excluding ortho intramolecular Hbond substituents is 1. The van der Waals surface area contributed by atoms with Crippen LogP contribution in [0.25, 0.3) is 6.08 Å². The van der Waals surface area contributed by atoms with Crippen LogP contribution in [0.5, 0.6) is 11.5 Å². The number of carbonyl (C=O) groups is 1. The standard InChI is InChI=1S/C18H15ClN2O3/c1-11-14(8-12-9-15(19)17(22)16(10-12)24-2)18(23)21(20-11)13-6-4-3-5-7-13/h3-10,22H,1-2H3/b14-8-. The van der Waals surface area contributed by atoms with Gasteiger partial charge in [0.2, 0.25) is 0 Å². The van der Waals surface area contributed by atoms with Gasteiger partial charge in [0, 0.05) is 0 Å². The van der Waals surface area contributed by atoms with E-state index in [2.05, 4.69) is 5.10 Å². The summed E-state index contributed by atoms with van der Waals surface area (Å²) in [6.07, 6.45) is 1.68. The minimum absolute atomic E-state index is 0.129. The normalized spacial score (nSPS) is 15.8. The van der Waals surface area contributed by atoms with Gasteiger partial charge < -0.3 is 9.84 Å². The average Bonchev–Trinajstić information content (AvgIpc) is 2.87. The largest absolute Gasteiger partial charge is 0.503 e. The summed E-state index contributed by atoms with van der Waals surface area (Å²) < 4.78 is 5.09. The summed E-state index contributed by atoms with van der Waals surface area (Å²) >= 11 is 6.00. The number of amides is 1. The SMILES string of the molecule is COc1cc(/C=C2\C(=O)N(c3ccccc3)N=C2C)cc(Cl)c1O. The predicted octanol–water partition coefficient (Wildman–Crippen LogP) is 3.86. The molecule has 0 bridgehead atoms. The van der Waals surface area contributed by atoms with Crippen LogP contribution in [0.1, 0.15) is 12.5 Å². The van der Waals surface area contributed by atoms with Crippen LogP contribution in [-0.2, 0) is 4.79 Å². The van der Waals surface area contributed by atoms with Crippen molar-refractivity contribution in [1.29, 1.82) is 0 Å². The van der Waals surface area contributed by atoms with Gasteiger partial charge in [-0.25, -0.2) is 0 Å². The molecule has 2 aromatic carbocycles. The van der Waals surface area contributed by atoms with Gasteiger partial charge in [-0.15, -0.1) is 0 Å². The molecule has 2 aromatic rings. The molecular weight excluding hydrogens is 328 g/mol. The first-order valence-electron chi connectivity index (χ1n) is 7.24. The van der Waals surface area contributed by atoms with Crippen LogP contribution in [0.15, 0.2) is 53.1 Å². The third kappa shape index (κ3) is 2.86. The Hall–Kier alpha value is -2.79. The van der Waals surface area contributed by atoms with Crippen LogP contribution in [0.2, 0.25) is 5.02 Å². The maximum atomic E-state index is 12.7. The van der Waals surface area contributed by atoms with E-state index in [4.69, 9.17) is 16.3 Å². The van der Waals surface area contributed by atoms with Crippen molar-refractivity contribution in [3.8, 4) is 11.5 Å². The third-order valence-corrected chi connectivity index (χ3v) is 3.93. The van der Waals surface area contributed by atoms with Crippen molar-refractivity contribution in [1.82, 2.24) is 0 Å². The number of ether oxygens (including phenoxy) is 1. The topological polar surface area (TPSA) is 62.1 Å². The van der Waals surface area contributed by atoms with Crippen molar-refractivity contribution >= 4 is 35.0 Å². The number of para-hydroxylation sites is 1.